The number of carbonyl (C=O) groups excluding carboxylic acids is 1. The number of methoxy groups -OCH3 is 1. The number of hydrogen-bond donors (Lipinski definition) is 1. The molecule has 1 saturated heterocycles. The van der Waals surface area contributed by atoms with Gasteiger partial charge in [0.1, 0.15) is 17.3 Å². The van der Waals surface area contributed by atoms with E-state index in [1.807, 2.05) is 12.1 Å². The number of rotatable bonds is 6. The third-order valence-corrected chi connectivity index (χ3v) is 5.96. The molecule has 1 amide bonds. The minimum Gasteiger partial charge on any atom is -0.497 e. The Hall–Kier alpha value is -3.13. The summed E-state index contributed by atoms with van der Waals surface area (Å²) in [6, 6.07) is 14.3. The van der Waals surface area contributed by atoms with Crippen LogP contribution in [0.3, 0.4) is 0 Å². The summed E-state index contributed by atoms with van der Waals surface area (Å²) in [5, 5.41) is 5.42. The number of carbonyl (C=O) groups is 1. The van der Waals surface area contributed by atoms with Gasteiger partial charge in [0, 0.05) is 43.8 Å². The number of hydrogen-bond acceptors (Lipinski definition) is 6. The van der Waals surface area contributed by atoms with Gasteiger partial charge in [-0.1, -0.05) is 12.1 Å². The highest BCUT2D eigenvalue weighted by Crippen LogP contribution is 2.25. The number of halogens is 1. The lowest BCUT2D eigenvalue weighted by atomic mass is 10.2. The molecule has 0 spiro atoms. The Labute approximate surface area is 178 Å². The van der Waals surface area contributed by atoms with Gasteiger partial charge in [0.15, 0.2) is 5.13 Å². The van der Waals surface area contributed by atoms with E-state index in [1.165, 1.54) is 29.2 Å². The first-order valence-electron chi connectivity index (χ1n) is 9.74. The van der Waals surface area contributed by atoms with Crippen LogP contribution in [0.1, 0.15) is 16.1 Å². The van der Waals surface area contributed by atoms with Gasteiger partial charge in [0.2, 0.25) is 0 Å². The van der Waals surface area contributed by atoms with Crippen molar-refractivity contribution in [2.45, 2.75) is 6.54 Å². The molecule has 8 heteroatoms. The van der Waals surface area contributed by atoms with Gasteiger partial charge in [-0.25, -0.2) is 9.37 Å². The smallest absolute Gasteiger partial charge is 0.271 e. The van der Waals surface area contributed by atoms with Crippen LogP contribution in [-0.4, -0.2) is 44.2 Å². The van der Waals surface area contributed by atoms with Crippen LogP contribution in [0.4, 0.5) is 15.2 Å². The molecule has 6 nitrogen and oxygen atoms in total. The van der Waals surface area contributed by atoms with E-state index < -0.39 is 0 Å². The molecule has 0 atom stereocenters. The summed E-state index contributed by atoms with van der Waals surface area (Å²) in [5.74, 6) is 0.286. The molecule has 0 aliphatic carbocycles. The van der Waals surface area contributed by atoms with Crippen LogP contribution in [-0.2, 0) is 6.54 Å². The SMILES string of the molecule is COc1ccc(N2CCN(c3nc(C(=O)NCc4cccc(F)c4)cs3)CC2)cc1. The molecule has 2 heterocycles. The van der Waals surface area contributed by atoms with E-state index >= 15 is 0 Å². The number of ether oxygens (including phenoxy) is 1. The van der Waals surface area contributed by atoms with Crippen LogP contribution >= 0.6 is 11.3 Å². The van der Waals surface area contributed by atoms with Crippen LogP contribution in [0.25, 0.3) is 0 Å². The van der Waals surface area contributed by atoms with Gasteiger partial charge in [-0.3, -0.25) is 4.79 Å². The number of aromatic nitrogens is 1. The minimum absolute atomic E-state index is 0.251. The summed E-state index contributed by atoms with van der Waals surface area (Å²) in [6.45, 7) is 3.71. The lowest BCUT2D eigenvalue weighted by Crippen LogP contribution is -2.46. The van der Waals surface area contributed by atoms with E-state index in [-0.39, 0.29) is 18.3 Å². The molecule has 30 heavy (non-hydrogen) atoms. The van der Waals surface area contributed by atoms with Crippen molar-refractivity contribution in [3.63, 3.8) is 0 Å². The molecule has 4 rings (SSSR count). The summed E-state index contributed by atoms with van der Waals surface area (Å²) in [5.41, 5.74) is 2.28. The fourth-order valence-corrected chi connectivity index (χ4v) is 4.24. The second-order valence-electron chi connectivity index (χ2n) is 7.00. The third kappa shape index (κ3) is 4.71. The molecule has 1 aliphatic heterocycles. The zero-order valence-electron chi connectivity index (χ0n) is 16.7. The zero-order chi connectivity index (χ0) is 20.9. The number of anilines is 2. The van der Waals surface area contributed by atoms with Gasteiger partial charge in [0.05, 0.1) is 7.11 Å². The van der Waals surface area contributed by atoms with Gasteiger partial charge >= 0.3 is 0 Å². The Kier molecular flexibility index (Phi) is 6.13. The van der Waals surface area contributed by atoms with Crippen molar-refractivity contribution in [1.82, 2.24) is 10.3 Å². The number of piperazine rings is 1. The first-order valence-corrected chi connectivity index (χ1v) is 10.6. The molecule has 156 valence electrons. The summed E-state index contributed by atoms with van der Waals surface area (Å²) < 4.78 is 18.5. The average Bonchev–Trinajstić information content (AvgIpc) is 3.28. The standard InChI is InChI=1S/C22H23FN4O2S/c1-29-19-7-5-18(6-8-19)26-9-11-27(12-10-26)22-25-20(15-30-22)21(28)24-14-16-3-2-4-17(23)13-16/h2-8,13,15H,9-12,14H2,1H3,(H,24,28). The van der Waals surface area contributed by atoms with E-state index in [4.69, 9.17) is 4.74 Å². The molecule has 0 saturated carbocycles. The van der Waals surface area contributed by atoms with Gasteiger partial charge in [-0.05, 0) is 42.0 Å². The zero-order valence-corrected chi connectivity index (χ0v) is 17.5. The Balaban J connectivity index is 1.31. The summed E-state index contributed by atoms with van der Waals surface area (Å²) in [6.07, 6.45) is 0. The molecular weight excluding hydrogens is 403 g/mol. The average molecular weight is 427 g/mol. The van der Waals surface area contributed by atoms with E-state index in [0.717, 1.165) is 37.1 Å². The fraction of sp³-hybridized carbons (Fsp3) is 0.273. The Morgan fingerprint density at radius 3 is 2.57 bits per heavy atom. The highest BCUT2D eigenvalue weighted by Gasteiger charge is 2.21. The van der Waals surface area contributed by atoms with Crippen molar-refractivity contribution < 1.29 is 13.9 Å². The first-order chi connectivity index (χ1) is 14.6. The van der Waals surface area contributed by atoms with Crippen molar-refractivity contribution in [3.05, 3.63) is 71.0 Å². The van der Waals surface area contributed by atoms with E-state index in [2.05, 4.69) is 32.2 Å². The highest BCUT2D eigenvalue weighted by atomic mass is 32.1. The van der Waals surface area contributed by atoms with Crippen LogP contribution in [0.5, 0.6) is 5.75 Å². The van der Waals surface area contributed by atoms with Crippen molar-refractivity contribution in [1.29, 1.82) is 0 Å². The maximum absolute atomic E-state index is 13.3. The second-order valence-corrected chi connectivity index (χ2v) is 7.84. The van der Waals surface area contributed by atoms with Crippen LogP contribution in [0.15, 0.2) is 53.9 Å². The molecule has 0 radical (unpaired) electrons. The van der Waals surface area contributed by atoms with E-state index in [0.29, 0.717) is 11.3 Å². The molecular formula is C22H23FN4O2S. The van der Waals surface area contributed by atoms with Crippen LogP contribution in [0, 0.1) is 5.82 Å². The predicted octanol–water partition coefficient (Wildman–Crippen LogP) is 3.55. The molecule has 1 aromatic heterocycles. The molecule has 1 N–H and O–H groups in total. The van der Waals surface area contributed by atoms with Gasteiger partial charge < -0.3 is 19.9 Å². The summed E-state index contributed by atoms with van der Waals surface area (Å²) >= 11 is 1.47. The molecule has 1 fully saturated rings. The van der Waals surface area contributed by atoms with Crippen LogP contribution < -0.4 is 19.9 Å². The minimum atomic E-state index is -0.313. The van der Waals surface area contributed by atoms with Crippen molar-refractivity contribution >= 4 is 28.1 Å². The molecule has 1 aliphatic rings. The number of nitrogens with one attached hydrogen (secondary N) is 1. The van der Waals surface area contributed by atoms with E-state index in [1.54, 1.807) is 24.6 Å². The number of thiazole rings is 1. The monoisotopic (exact) mass is 426 g/mol. The predicted molar refractivity (Wildman–Crippen MR) is 117 cm³/mol. The van der Waals surface area contributed by atoms with Gasteiger partial charge in [-0.15, -0.1) is 11.3 Å². The maximum atomic E-state index is 13.3. The number of benzene rings is 2. The second kappa shape index (κ2) is 9.13. The largest absolute Gasteiger partial charge is 0.497 e. The Morgan fingerprint density at radius 1 is 1.13 bits per heavy atom. The number of nitrogens with zero attached hydrogens (tertiary/aromatic N) is 3. The lowest BCUT2D eigenvalue weighted by Gasteiger charge is -2.36. The fourth-order valence-electron chi connectivity index (χ4n) is 3.38. The quantitative estimate of drug-likeness (QED) is 0.653. The summed E-state index contributed by atoms with van der Waals surface area (Å²) in [7, 11) is 1.66. The Bertz CT molecular complexity index is 1000. The van der Waals surface area contributed by atoms with Crippen molar-refractivity contribution in [3.8, 4) is 5.75 Å². The van der Waals surface area contributed by atoms with Gasteiger partial charge in [0.25, 0.3) is 5.91 Å². The van der Waals surface area contributed by atoms with Crippen molar-refractivity contribution in [2.24, 2.45) is 0 Å². The summed E-state index contributed by atoms with van der Waals surface area (Å²) in [4.78, 5) is 21.4. The van der Waals surface area contributed by atoms with Crippen LogP contribution in [0.2, 0.25) is 0 Å². The highest BCUT2D eigenvalue weighted by molar-refractivity contribution is 7.13. The Morgan fingerprint density at radius 2 is 1.87 bits per heavy atom. The molecule has 2 aromatic carbocycles. The third-order valence-electron chi connectivity index (χ3n) is 5.05. The molecule has 0 unspecified atom stereocenters. The maximum Gasteiger partial charge on any atom is 0.271 e. The number of amides is 1. The lowest BCUT2D eigenvalue weighted by molar-refractivity contribution is 0.0946. The normalized spacial score (nSPS) is 13.9. The topological polar surface area (TPSA) is 57.7 Å². The first kappa shape index (κ1) is 20.2. The van der Waals surface area contributed by atoms with E-state index in [9.17, 15) is 9.18 Å². The molecule has 0 bridgehead atoms. The van der Waals surface area contributed by atoms with Crippen molar-refractivity contribution in [2.75, 3.05) is 43.1 Å². The molecule has 3 aromatic rings. The van der Waals surface area contributed by atoms with Gasteiger partial charge in [-0.2, -0.15) is 0 Å².